The molecule has 0 spiro atoms. The molecule has 0 rings (SSSR count). The van der Waals surface area contributed by atoms with Crippen LogP contribution in [0.3, 0.4) is 0 Å². The summed E-state index contributed by atoms with van der Waals surface area (Å²) >= 11 is 1.58. The number of amides is 1. The first-order chi connectivity index (χ1) is 14.0. The summed E-state index contributed by atoms with van der Waals surface area (Å²) in [6.07, 6.45) is 2.70. The van der Waals surface area contributed by atoms with E-state index in [1.54, 1.807) is 11.8 Å². The minimum Gasteiger partial charge on any atom is -0.465 e. The number of ether oxygens (including phenoxy) is 1. The van der Waals surface area contributed by atoms with Gasteiger partial charge in [-0.1, -0.05) is 27.7 Å². The molecular formula is C22H39NO6S. The van der Waals surface area contributed by atoms with E-state index in [-0.39, 0.29) is 42.2 Å². The minimum absolute atomic E-state index is 0.0333. The molecular weight excluding hydrogens is 406 g/mol. The molecule has 30 heavy (non-hydrogen) atoms. The third-order valence-electron chi connectivity index (χ3n) is 4.69. The van der Waals surface area contributed by atoms with Crippen molar-refractivity contribution in [3.8, 4) is 0 Å². The molecule has 0 saturated carbocycles. The zero-order valence-electron chi connectivity index (χ0n) is 19.2. The van der Waals surface area contributed by atoms with E-state index >= 15 is 0 Å². The van der Waals surface area contributed by atoms with Crippen LogP contribution in [0.2, 0.25) is 0 Å². The summed E-state index contributed by atoms with van der Waals surface area (Å²) in [6.45, 7) is 9.00. The Kier molecular flexibility index (Phi) is 14.7. The van der Waals surface area contributed by atoms with E-state index in [0.717, 1.165) is 0 Å². The van der Waals surface area contributed by atoms with E-state index in [4.69, 9.17) is 4.74 Å². The van der Waals surface area contributed by atoms with Crippen molar-refractivity contribution in [2.45, 2.75) is 66.3 Å². The molecule has 0 radical (unpaired) electrons. The molecule has 0 aliphatic carbocycles. The molecule has 0 fully saturated rings. The number of carbonyl (C=O) groups excluding carboxylic acids is 4. The van der Waals surface area contributed by atoms with E-state index in [1.807, 2.05) is 34.0 Å². The lowest BCUT2D eigenvalue weighted by Crippen LogP contribution is -2.46. The van der Waals surface area contributed by atoms with Crippen LogP contribution in [0.25, 0.3) is 0 Å². The van der Waals surface area contributed by atoms with Crippen molar-refractivity contribution < 1.29 is 29.0 Å². The molecule has 0 aliphatic heterocycles. The second kappa shape index (κ2) is 15.4. The lowest BCUT2D eigenvalue weighted by atomic mass is 9.91. The molecule has 2 N–H and O–H groups in total. The molecule has 3 unspecified atom stereocenters. The molecule has 0 saturated heterocycles. The van der Waals surface area contributed by atoms with Gasteiger partial charge in [-0.2, -0.15) is 11.8 Å². The first-order valence-electron chi connectivity index (χ1n) is 10.6. The molecule has 1 amide bonds. The fourth-order valence-corrected chi connectivity index (χ4v) is 3.38. The molecule has 0 aliphatic rings. The van der Waals surface area contributed by atoms with Crippen molar-refractivity contribution in [3.63, 3.8) is 0 Å². The summed E-state index contributed by atoms with van der Waals surface area (Å²) in [7, 11) is 0. The molecule has 8 heteroatoms. The Labute approximate surface area is 185 Å². The van der Waals surface area contributed by atoms with Gasteiger partial charge in [0.15, 0.2) is 5.78 Å². The highest BCUT2D eigenvalue weighted by molar-refractivity contribution is 7.98. The van der Waals surface area contributed by atoms with Crippen LogP contribution in [0, 0.1) is 23.7 Å². The van der Waals surface area contributed by atoms with Gasteiger partial charge in [-0.25, -0.2) is 0 Å². The second-order valence-corrected chi connectivity index (χ2v) is 9.60. The highest BCUT2D eigenvalue weighted by Crippen LogP contribution is 2.17. The number of aliphatic hydroxyl groups excluding tert-OH is 1. The Balaban J connectivity index is 5.23. The van der Waals surface area contributed by atoms with Crippen LogP contribution >= 0.6 is 11.8 Å². The van der Waals surface area contributed by atoms with Gasteiger partial charge in [0.05, 0.1) is 25.7 Å². The monoisotopic (exact) mass is 445 g/mol. The predicted octanol–water partition coefficient (Wildman–Crippen LogP) is 2.63. The van der Waals surface area contributed by atoms with Crippen LogP contribution in [0.5, 0.6) is 0 Å². The summed E-state index contributed by atoms with van der Waals surface area (Å²) in [4.78, 5) is 49.4. The van der Waals surface area contributed by atoms with Crippen molar-refractivity contribution >= 4 is 35.2 Å². The van der Waals surface area contributed by atoms with E-state index < -0.39 is 30.5 Å². The number of hydrogen-bond donors (Lipinski definition) is 2. The van der Waals surface area contributed by atoms with Crippen LogP contribution in [-0.4, -0.2) is 59.8 Å². The SMILES string of the molecule is CSCCC(CC(=O)OCC(C)C)C(=O)NC(CC(C)C)C(=O)CC(CO)C(C)=O. The third-order valence-corrected chi connectivity index (χ3v) is 5.33. The van der Waals surface area contributed by atoms with Crippen LogP contribution in [-0.2, 0) is 23.9 Å². The van der Waals surface area contributed by atoms with Gasteiger partial charge in [0.1, 0.15) is 5.78 Å². The second-order valence-electron chi connectivity index (χ2n) is 8.61. The van der Waals surface area contributed by atoms with Gasteiger partial charge in [-0.15, -0.1) is 0 Å². The van der Waals surface area contributed by atoms with E-state index in [9.17, 15) is 24.3 Å². The highest BCUT2D eigenvalue weighted by Gasteiger charge is 2.30. The van der Waals surface area contributed by atoms with Gasteiger partial charge in [-0.05, 0) is 43.6 Å². The standard InChI is InChI=1S/C22H39NO6S/c1-14(2)9-19(20(26)10-18(12-24)16(5)25)23-22(28)17(7-8-30-6)11-21(27)29-13-15(3)4/h14-15,17-19,24H,7-13H2,1-6H3,(H,23,28). The zero-order chi connectivity index (χ0) is 23.3. The summed E-state index contributed by atoms with van der Waals surface area (Å²) in [5.41, 5.74) is 0. The number of ketones is 2. The van der Waals surface area contributed by atoms with Gasteiger partial charge in [0.2, 0.25) is 5.91 Å². The van der Waals surface area contributed by atoms with Gasteiger partial charge >= 0.3 is 5.97 Å². The van der Waals surface area contributed by atoms with Crippen LogP contribution < -0.4 is 5.32 Å². The van der Waals surface area contributed by atoms with E-state index in [1.165, 1.54) is 6.92 Å². The lowest BCUT2D eigenvalue weighted by molar-refractivity contribution is -0.148. The smallest absolute Gasteiger partial charge is 0.306 e. The average Bonchev–Trinajstić information content (AvgIpc) is 2.66. The average molecular weight is 446 g/mol. The Morgan fingerprint density at radius 1 is 1.00 bits per heavy atom. The lowest BCUT2D eigenvalue weighted by Gasteiger charge is -2.24. The topological polar surface area (TPSA) is 110 Å². The number of nitrogens with one attached hydrogen (secondary N) is 1. The first-order valence-corrected chi connectivity index (χ1v) is 12.0. The number of hydrogen-bond acceptors (Lipinski definition) is 7. The van der Waals surface area contributed by atoms with Crippen molar-refractivity contribution in [1.82, 2.24) is 5.32 Å². The molecule has 3 atom stereocenters. The van der Waals surface area contributed by atoms with Crippen molar-refractivity contribution in [1.29, 1.82) is 0 Å². The van der Waals surface area contributed by atoms with Crippen LogP contribution in [0.4, 0.5) is 0 Å². The number of thioether (sulfide) groups is 1. The minimum atomic E-state index is -0.762. The van der Waals surface area contributed by atoms with Crippen LogP contribution in [0.1, 0.15) is 60.3 Å². The fraction of sp³-hybridized carbons (Fsp3) is 0.818. The Morgan fingerprint density at radius 3 is 2.10 bits per heavy atom. The molecule has 0 aromatic carbocycles. The predicted molar refractivity (Wildman–Crippen MR) is 119 cm³/mol. The summed E-state index contributed by atoms with van der Waals surface area (Å²) in [6, 6.07) is -0.755. The maximum atomic E-state index is 12.9. The van der Waals surface area contributed by atoms with E-state index in [2.05, 4.69) is 5.32 Å². The Bertz CT molecular complexity index is 564. The van der Waals surface area contributed by atoms with Crippen molar-refractivity contribution in [3.05, 3.63) is 0 Å². The molecule has 7 nitrogen and oxygen atoms in total. The maximum absolute atomic E-state index is 12.9. The van der Waals surface area contributed by atoms with Crippen molar-refractivity contribution in [2.75, 3.05) is 25.2 Å². The summed E-state index contributed by atoms with van der Waals surface area (Å²) < 4.78 is 5.22. The van der Waals surface area contributed by atoms with Gasteiger partial charge in [0.25, 0.3) is 0 Å². The van der Waals surface area contributed by atoms with Gasteiger partial charge < -0.3 is 15.2 Å². The highest BCUT2D eigenvalue weighted by atomic mass is 32.2. The first kappa shape index (κ1) is 28.6. The maximum Gasteiger partial charge on any atom is 0.306 e. The molecule has 174 valence electrons. The molecule has 0 aromatic rings. The number of rotatable bonds is 16. The van der Waals surface area contributed by atoms with Crippen molar-refractivity contribution in [2.24, 2.45) is 23.7 Å². The third kappa shape index (κ3) is 12.3. The molecule has 0 aromatic heterocycles. The zero-order valence-corrected chi connectivity index (χ0v) is 20.0. The summed E-state index contributed by atoms with van der Waals surface area (Å²) in [5.74, 6) is -1.60. The molecule has 0 bridgehead atoms. The largest absolute Gasteiger partial charge is 0.465 e. The van der Waals surface area contributed by atoms with Crippen LogP contribution in [0.15, 0.2) is 0 Å². The Morgan fingerprint density at radius 2 is 1.63 bits per heavy atom. The van der Waals surface area contributed by atoms with Gasteiger partial charge in [-0.3, -0.25) is 19.2 Å². The Hall–Kier alpha value is -1.41. The van der Waals surface area contributed by atoms with Gasteiger partial charge in [0, 0.05) is 18.3 Å². The normalized spacial score (nSPS) is 14.3. The summed E-state index contributed by atoms with van der Waals surface area (Å²) in [5, 5.41) is 12.1. The van der Waals surface area contributed by atoms with E-state index in [0.29, 0.717) is 25.2 Å². The number of carbonyl (C=O) groups is 4. The number of aliphatic hydroxyl groups is 1. The number of esters is 1. The quantitative estimate of drug-likeness (QED) is 0.351. The molecule has 0 heterocycles. The number of Topliss-reactive ketones (excluding diaryl/α,β-unsaturated/α-hetero) is 2. The fourth-order valence-electron chi connectivity index (χ4n) is 2.86.